The monoisotopic (exact) mass is 853 g/mol. The van der Waals surface area contributed by atoms with Crippen LogP contribution in [0.5, 0.6) is 0 Å². The Morgan fingerprint density at radius 2 is 1.44 bits per heavy atom. The van der Waals surface area contributed by atoms with Crippen molar-refractivity contribution in [1.29, 1.82) is 0 Å². The summed E-state index contributed by atoms with van der Waals surface area (Å²) in [6, 6.07) is 43.1. The van der Waals surface area contributed by atoms with Gasteiger partial charge < -0.3 is 14.4 Å². The summed E-state index contributed by atoms with van der Waals surface area (Å²) < 4.78 is 23.7. The Balaban J connectivity index is 0.000000202. The second kappa shape index (κ2) is 15.0. The summed E-state index contributed by atoms with van der Waals surface area (Å²) in [5, 5.41) is 3.31. The van der Waals surface area contributed by atoms with E-state index >= 15 is 0 Å². The van der Waals surface area contributed by atoms with Crippen LogP contribution in [-0.4, -0.2) is 18.0 Å². The van der Waals surface area contributed by atoms with Gasteiger partial charge in [0.2, 0.25) is 0 Å². The van der Waals surface area contributed by atoms with Crippen LogP contribution in [0.3, 0.4) is 0 Å². The summed E-state index contributed by atoms with van der Waals surface area (Å²) in [4.78, 5) is 9.25. The van der Waals surface area contributed by atoms with Gasteiger partial charge >= 0.3 is 0 Å². The molecule has 0 saturated carbocycles. The summed E-state index contributed by atoms with van der Waals surface area (Å²) in [6.07, 6.45) is 2.35. The molecule has 5 heteroatoms. The van der Waals surface area contributed by atoms with E-state index in [-0.39, 0.29) is 25.5 Å². The van der Waals surface area contributed by atoms with E-state index in [0.717, 1.165) is 55.2 Å². The van der Waals surface area contributed by atoms with Crippen molar-refractivity contribution in [1.82, 2.24) is 9.97 Å². The van der Waals surface area contributed by atoms with Crippen molar-refractivity contribution >= 4 is 35.2 Å². The van der Waals surface area contributed by atoms with Crippen LogP contribution in [0.25, 0.3) is 44.5 Å². The van der Waals surface area contributed by atoms with Gasteiger partial charge in [-0.2, -0.15) is 0 Å². The Hall–Kier alpha value is -4.15. The van der Waals surface area contributed by atoms with E-state index in [2.05, 4.69) is 110 Å². The van der Waals surface area contributed by atoms with Gasteiger partial charge in [-0.1, -0.05) is 131 Å². The molecule has 1 radical (unpaired) electrons. The molecule has 50 heavy (non-hydrogen) atoms. The van der Waals surface area contributed by atoms with Crippen LogP contribution in [0, 0.1) is 17.5 Å². The average Bonchev–Trinajstić information content (AvgIpc) is 3.51. The number of furan rings is 1. The predicted molar refractivity (Wildman–Crippen MR) is 209 cm³/mol. The molecule has 0 aliphatic heterocycles. The average molecular weight is 853 g/mol. The number of hydrogen-bond acceptors (Lipinski definition) is 3. The van der Waals surface area contributed by atoms with Gasteiger partial charge in [-0.25, -0.2) is 0 Å². The summed E-state index contributed by atoms with van der Waals surface area (Å²) in [6.45, 7) is 17.1. The van der Waals surface area contributed by atoms with Crippen molar-refractivity contribution in [2.24, 2.45) is 5.41 Å². The Bertz CT molecular complexity index is 2290. The van der Waals surface area contributed by atoms with Gasteiger partial charge in [-0.15, -0.1) is 54.1 Å². The van der Waals surface area contributed by atoms with Crippen molar-refractivity contribution in [3.63, 3.8) is 0 Å². The van der Waals surface area contributed by atoms with E-state index in [4.69, 9.17) is 7.16 Å². The molecule has 0 saturated heterocycles. The van der Waals surface area contributed by atoms with E-state index < -0.39 is 19.9 Å². The Morgan fingerprint density at radius 3 is 2.14 bits per heavy atom. The molecule has 257 valence electrons. The maximum atomic E-state index is 8.75. The topological polar surface area (TPSA) is 38.9 Å². The van der Waals surface area contributed by atoms with Gasteiger partial charge in [-0.05, 0) is 51.6 Å². The first-order chi connectivity index (χ1) is 24.1. The number of fused-ring (bicyclic) bond motifs is 3. The third kappa shape index (κ3) is 8.24. The molecule has 7 aromatic rings. The van der Waals surface area contributed by atoms with Crippen molar-refractivity contribution in [3.8, 4) is 22.5 Å². The van der Waals surface area contributed by atoms with E-state index in [1.165, 1.54) is 11.1 Å². The minimum Gasteiger partial charge on any atom is -0.501 e. The SMILES string of the molecule is CC(C)(c1ccccc1)c1ccnc(-c2[c-]ccc3c2oc2ccccc23)c1.[2H]C([2H])(c1cc(-c2[c-]cccc2)ncc1[Si](C)(C)C)C(C)(C)C.[Ir]. The quantitative estimate of drug-likeness (QED) is 0.124. The van der Waals surface area contributed by atoms with E-state index in [1.807, 2.05) is 87.8 Å². The minimum atomic E-state index is -1.70. The molecule has 3 heterocycles. The van der Waals surface area contributed by atoms with Crippen molar-refractivity contribution in [3.05, 3.63) is 150 Å². The Labute approximate surface area is 315 Å². The molecule has 0 atom stereocenters. The molecule has 7 rings (SSSR count). The molecule has 0 N–H and O–H groups in total. The van der Waals surface area contributed by atoms with E-state index in [0.29, 0.717) is 0 Å². The first kappa shape index (κ1) is 34.3. The van der Waals surface area contributed by atoms with Crippen LogP contribution >= 0.6 is 0 Å². The largest absolute Gasteiger partial charge is 0.501 e. The molecule has 0 fully saturated rings. The first-order valence-electron chi connectivity index (χ1n) is 17.9. The van der Waals surface area contributed by atoms with Gasteiger partial charge in [0, 0.05) is 46.0 Å². The summed E-state index contributed by atoms with van der Waals surface area (Å²) in [5.74, 6) is 0. The molecule has 0 aliphatic carbocycles. The van der Waals surface area contributed by atoms with Crippen LogP contribution in [0.4, 0.5) is 0 Å². The molecule has 3 nitrogen and oxygen atoms in total. The molecular weight excluding hydrogens is 805 g/mol. The van der Waals surface area contributed by atoms with Gasteiger partial charge in [-0.3, -0.25) is 0 Å². The van der Waals surface area contributed by atoms with Crippen LogP contribution < -0.4 is 5.19 Å². The van der Waals surface area contributed by atoms with E-state index in [9.17, 15) is 0 Å². The molecule has 0 aliphatic rings. The molecule has 0 amide bonds. The third-order valence-corrected chi connectivity index (χ3v) is 10.8. The van der Waals surface area contributed by atoms with Crippen LogP contribution in [-0.2, 0) is 31.9 Å². The number of para-hydroxylation sites is 1. The number of benzene rings is 4. The predicted octanol–water partition coefficient (Wildman–Crippen LogP) is 11.5. The smallest absolute Gasteiger partial charge is 0.120 e. The van der Waals surface area contributed by atoms with Crippen LogP contribution in [0.2, 0.25) is 19.6 Å². The van der Waals surface area contributed by atoms with Gasteiger partial charge in [0.15, 0.2) is 0 Å². The second-order valence-electron chi connectivity index (χ2n) is 15.1. The molecule has 0 spiro atoms. The molecule has 4 aromatic carbocycles. The zero-order valence-corrected chi connectivity index (χ0v) is 33.6. The zero-order chi connectivity index (χ0) is 36.6. The fourth-order valence-corrected chi connectivity index (χ4v) is 7.51. The summed E-state index contributed by atoms with van der Waals surface area (Å²) in [7, 11) is -1.70. The summed E-state index contributed by atoms with van der Waals surface area (Å²) in [5.41, 5.74) is 7.86. The standard InChI is InChI=1S/C26H20NO.C19H26NSi.Ir/c1-26(2,18-9-4-3-5-10-18)19-15-16-27-23(17-19)22-13-8-12-21-20-11-6-7-14-24(20)28-25(21)22;1-19(2,3)13-16-12-17(15-10-8-7-9-11-15)20-14-18(16)21(4,5)6;/h3-12,14-17H,1-2H3;7-10,12,14H,13H2,1-6H3;/q2*-1;/i;13D2;. The molecule has 0 bridgehead atoms. The number of aromatic nitrogens is 2. The Morgan fingerprint density at radius 1 is 0.720 bits per heavy atom. The maximum Gasteiger partial charge on any atom is 0.120 e. The Kier molecular flexibility index (Phi) is 10.3. The number of hydrogen-bond donors (Lipinski definition) is 0. The number of pyridine rings is 2. The number of rotatable bonds is 6. The van der Waals surface area contributed by atoms with Crippen molar-refractivity contribution in [2.45, 2.75) is 66.0 Å². The van der Waals surface area contributed by atoms with Gasteiger partial charge in [0.1, 0.15) is 5.58 Å². The van der Waals surface area contributed by atoms with Gasteiger partial charge in [0.05, 0.1) is 13.7 Å². The third-order valence-electron chi connectivity index (χ3n) is 8.78. The second-order valence-corrected chi connectivity index (χ2v) is 20.2. The van der Waals surface area contributed by atoms with Crippen molar-refractivity contribution < 1.29 is 27.3 Å². The fourth-order valence-electron chi connectivity index (χ4n) is 6.12. The normalized spacial score (nSPS) is 12.8. The molecule has 0 unspecified atom stereocenters. The maximum absolute atomic E-state index is 8.75. The summed E-state index contributed by atoms with van der Waals surface area (Å²) >= 11 is 0. The van der Waals surface area contributed by atoms with E-state index in [1.54, 1.807) is 0 Å². The fraction of sp³-hybridized carbons (Fsp3) is 0.244. The van der Waals surface area contributed by atoms with Crippen molar-refractivity contribution in [2.75, 3.05) is 0 Å². The van der Waals surface area contributed by atoms with Crippen LogP contribution in [0.15, 0.2) is 126 Å². The molecular formula is C45H46IrN2OSi-2. The van der Waals surface area contributed by atoms with Gasteiger partial charge in [0.25, 0.3) is 0 Å². The van der Waals surface area contributed by atoms with Crippen LogP contribution in [0.1, 0.15) is 54.1 Å². The zero-order valence-electron chi connectivity index (χ0n) is 32.2. The first-order valence-corrected chi connectivity index (χ1v) is 20.4. The number of nitrogens with zero attached hydrogens (tertiary/aromatic N) is 2. The minimum absolute atomic E-state index is 0. The molecule has 3 aromatic heterocycles.